The molecular weight excluding hydrogens is 188 g/mol. The molecule has 2 aromatic heterocycles. The average molecular weight is 202 g/mol. The third-order valence-electron chi connectivity index (χ3n) is 2.24. The van der Waals surface area contributed by atoms with Crippen LogP contribution in [0.25, 0.3) is 0 Å². The first-order valence-corrected chi connectivity index (χ1v) is 4.93. The summed E-state index contributed by atoms with van der Waals surface area (Å²) in [7, 11) is 1.92. The Balaban J connectivity index is 2.14. The number of rotatable bonds is 4. The number of nitrogens with one attached hydrogen (secondary N) is 1. The van der Waals surface area contributed by atoms with Gasteiger partial charge >= 0.3 is 0 Å². The van der Waals surface area contributed by atoms with Gasteiger partial charge in [-0.15, -0.1) is 0 Å². The van der Waals surface area contributed by atoms with Crippen LogP contribution in [-0.2, 0) is 13.1 Å². The summed E-state index contributed by atoms with van der Waals surface area (Å²) >= 11 is 0. The summed E-state index contributed by atoms with van der Waals surface area (Å²) < 4.78 is 2.13. The maximum atomic E-state index is 4.29. The Morgan fingerprint density at radius 3 is 2.80 bits per heavy atom. The van der Waals surface area contributed by atoms with Gasteiger partial charge in [-0.05, 0) is 24.7 Å². The predicted octanol–water partition coefficient (Wildman–Crippen LogP) is 1.05. The zero-order valence-corrected chi connectivity index (χ0v) is 8.72. The molecule has 0 aromatic carbocycles. The highest BCUT2D eigenvalue weighted by molar-refractivity contribution is 5.11. The largest absolute Gasteiger partial charge is 0.329 e. The Morgan fingerprint density at radius 2 is 2.07 bits per heavy atom. The lowest BCUT2D eigenvalue weighted by Crippen LogP contribution is -2.12. The molecule has 0 radical (unpaired) electrons. The molecule has 0 aliphatic carbocycles. The van der Waals surface area contributed by atoms with Crippen LogP contribution in [-0.4, -0.2) is 21.6 Å². The van der Waals surface area contributed by atoms with E-state index in [4.69, 9.17) is 0 Å². The van der Waals surface area contributed by atoms with E-state index < -0.39 is 0 Å². The molecule has 0 saturated carbocycles. The number of aromatic nitrogens is 3. The minimum Gasteiger partial charge on any atom is -0.329 e. The van der Waals surface area contributed by atoms with Crippen LogP contribution in [0.4, 0.5) is 0 Å². The van der Waals surface area contributed by atoms with E-state index in [-0.39, 0.29) is 0 Å². The molecule has 0 saturated heterocycles. The van der Waals surface area contributed by atoms with Crippen molar-refractivity contribution >= 4 is 0 Å². The SMILES string of the molecule is CNCc1nccn1Cc1ccncc1. The van der Waals surface area contributed by atoms with Crippen LogP contribution in [0.2, 0.25) is 0 Å². The molecule has 15 heavy (non-hydrogen) atoms. The Hall–Kier alpha value is -1.68. The van der Waals surface area contributed by atoms with Crippen LogP contribution < -0.4 is 5.32 Å². The maximum absolute atomic E-state index is 4.29. The number of hydrogen-bond donors (Lipinski definition) is 1. The fourth-order valence-electron chi connectivity index (χ4n) is 1.49. The summed E-state index contributed by atoms with van der Waals surface area (Å²) in [6.07, 6.45) is 7.44. The molecule has 0 aliphatic rings. The summed E-state index contributed by atoms with van der Waals surface area (Å²) in [6.45, 7) is 1.64. The first-order chi connectivity index (χ1) is 7.40. The summed E-state index contributed by atoms with van der Waals surface area (Å²) in [5.74, 6) is 1.05. The van der Waals surface area contributed by atoms with Gasteiger partial charge in [-0.25, -0.2) is 4.98 Å². The summed E-state index contributed by atoms with van der Waals surface area (Å²) in [5, 5.41) is 3.10. The number of pyridine rings is 1. The van der Waals surface area contributed by atoms with Gasteiger partial charge in [0.2, 0.25) is 0 Å². The van der Waals surface area contributed by atoms with Crippen molar-refractivity contribution in [2.45, 2.75) is 13.1 Å². The van der Waals surface area contributed by atoms with Crippen molar-refractivity contribution in [2.24, 2.45) is 0 Å². The van der Waals surface area contributed by atoms with Crippen LogP contribution in [0, 0.1) is 0 Å². The van der Waals surface area contributed by atoms with E-state index in [0.717, 1.165) is 18.9 Å². The quantitative estimate of drug-likeness (QED) is 0.805. The van der Waals surface area contributed by atoms with Gasteiger partial charge in [-0.3, -0.25) is 4.98 Å². The van der Waals surface area contributed by atoms with Crippen molar-refractivity contribution in [3.63, 3.8) is 0 Å². The molecule has 0 amide bonds. The summed E-state index contributed by atoms with van der Waals surface area (Å²) in [5.41, 5.74) is 1.24. The molecule has 2 heterocycles. The molecule has 0 atom stereocenters. The third kappa shape index (κ3) is 2.41. The second-order valence-corrected chi connectivity index (χ2v) is 3.36. The van der Waals surface area contributed by atoms with Crippen LogP contribution in [0.1, 0.15) is 11.4 Å². The third-order valence-corrected chi connectivity index (χ3v) is 2.24. The predicted molar refractivity (Wildman–Crippen MR) is 58.3 cm³/mol. The van der Waals surface area contributed by atoms with Crippen LogP contribution in [0.3, 0.4) is 0 Å². The van der Waals surface area contributed by atoms with Gasteiger partial charge in [0.15, 0.2) is 0 Å². The first-order valence-electron chi connectivity index (χ1n) is 4.93. The van der Waals surface area contributed by atoms with Crippen molar-refractivity contribution in [1.82, 2.24) is 19.9 Å². The molecule has 4 nitrogen and oxygen atoms in total. The maximum Gasteiger partial charge on any atom is 0.122 e. The number of hydrogen-bond acceptors (Lipinski definition) is 3. The van der Waals surface area contributed by atoms with Crippen molar-refractivity contribution in [2.75, 3.05) is 7.05 Å². The van der Waals surface area contributed by atoms with Crippen LogP contribution >= 0.6 is 0 Å². The highest BCUT2D eigenvalue weighted by atomic mass is 15.1. The summed E-state index contributed by atoms with van der Waals surface area (Å²) in [4.78, 5) is 8.28. The molecule has 0 aliphatic heterocycles. The topological polar surface area (TPSA) is 42.7 Å². The lowest BCUT2D eigenvalue weighted by molar-refractivity contribution is 0.673. The van der Waals surface area contributed by atoms with Gasteiger partial charge in [0.1, 0.15) is 5.82 Å². The molecule has 4 heteroatoms. The lowest BCUT2D eigenvalue weighted by Gasteiger charge is -2.06. The van der Waals surface area contributed by atoms with Crippen LogP contribution in [0.15, 0.2) is 36.9 Å². The smallest absolute Gasteiger partial charge is 0.122 e. The molecule has 1 N–H and O–H groups in total. The van der Waals surface area contributed by atoms with Crippen molar-refractivity contribution in [3.8, 4) is 0 Å². The van der Waals surface area contributed by atoms with Crippen molar-refractivity contribution in [3.05, 3.63) is 48.3 Å². The molecule has 0 spiro atoms. The number of imidazole rings is 1. The standard InChI is InChI=1S/C11H14N4/c1-12-8-11-14-6-7-15(11)9-10-2-4-13-5-3-10/h2-7,12H,8-9H2,1H3. The highest BCUT2D eigenvalue weighted by Crippen LogP contribution is 2.04. The second-order valence-electron chi connectivity index (χ2n) is 3.36. The van der Waals surface area contributed by atoms with Gasteiger partial charge in [-0.2, -0.15) is 0 Å². The average Bonchev–Trinajstić information content (AvgIpc) is 2.68. The second kappa shape index (κ2) is 4.70. The van der Waals surface area contributed by atoms with Crippen molar-refractivity contribution < 1.29 is 0 Å². The normalized spacial score (nSPS) is 10.5. The van der Waals surface area contributed by atoms with E-state index in [1.54, 1.807) is 0 Å². The Labute approximate surface area is 89.0 Å². The van der Waals surface area contributed by atoms with Gasteiger partial charge in [0.05, 0.1) is 6.54 Å². The minimum atomic E-state index is 0.790. The van der Waals surface area contributed by atoms with Gasteiger partial charge in [0.25, 0.3) is 0 Å². The van der Waals surface area contributed by atoms with E-state index >= 15 is 0 Å². The molecule has 78 valence electrons. The monoisotopic (exact) mass is 202 g/mol. The fourth-order valence-corrected chi connectivity index (χ4v) is 1.49. The zero-order valence-electron chi connectivity index (χ0n) is 8.72. The highest BCUT2D eigenvalue weighted by Gasteiger charge is 2.01. The van der Waals surface area contributed by atoms with E-state index in [1.807, 2.05) is 44.0 Å². The van der Waals surface area contributed by atoms with E-state index in [2.05, 4.69) is 19.9 Å². The van der Waals surface area contributed by atoms with E-state index in [1.165, 1.54) is 5.56 Å². The molecule has 2 aromatic rings. The van der Waals surface area contributed by atoms with Crippen LogP contribution in [0.5, 0.6) is 0 Å². The van der Waals surface area contributed by atoms with Gasteiger partial charge in [0, 0.05) is 31.3 Å². The summed E-state index contributed by atoms with van der Waals surface area (Å²) in [6, 6.07) is 4.03. The molecule has 0 unspecified atom stereocenters. The minimum absolute atomic E-state index is 0.790. The molecule has 0 fully saturated rings. The fraction of sp³-hybridized carbons (Fsp3) is 0.273. The number of nitrogens with zero attached hydrogens (tertiary/aromatic N) is 3. The molecular formula is C11H14N4. The van der Waals surface area contributed by atoms with Crippen molar-refractivity contribution in [1.29, 1.82) is 0 Å². The Morgan fingerprint density at radius 1 is 1.27 bits per heavy atom. The Kier molecular flexibility index (Phi) is 3.09. The van der Waals surface area contributed by atoms with Gasteiger partial charge in [-0.1, -0.05) is 0 Å². The van der Waals surface area contributed by atoms with Gasteiger partial charge < -0.3 is 9.88 Å². The molecule has 2 rings (SSSR count). The lowest BCUT2D eigenvalue weighted by atomic mass is 10.3. The molecule has 0 bridgehead atoms. The first kappa shape index (κ1) is 9.86. The van der Waals surface area contributed by atoms with E-state index in [0.29, 0.717) is 0 Å². The van der Waals surface area contributed by atoms with E-state index in [9.17, 15) is 0 Å². The zero-order chi connectivity index (χ0) is 10.5. The Bertz CT molecular complexity index is 408.